The van der Waals surface area contributed by atoms with Crippen LogP contribution in [0.4, 0.5) is 4.79 Å². The van der Waals surface area contributed by atoms with Crippen molar-refractivity contribution in [2.24, 2.45) is 5.92 Å². The molecule has 16 heavy (non-hydrogen) atoms. The second kappa shape index (κ2) is 6.09. The molecule has 2 atom stereocenters. The lowest BCUT2D eigenvalue weighted by atomic mass is 9.91. The summed E-state index contributed by atoms with van der Waals surface area (Å²) in [6, 6.07) is 0.768. The van der Waals surface area contributed by atoms with Crippen molar-refractivity contribution >= 4 is 6.09 Å². The minimum atomic E-state index is -0.314. The second-order valence-corrected chi connectivity index (χ2v) is 4.89. The van der Waals surface area contributed by atoms with E-state index in [0.717, 1.165) is 19.5 Å². The third-order valence-electron chi connectivity index (χ3n) is 3.38. The van der Waals surface area contributed by atoms with Crippen LogP contribution in [0.1, 0.15) is 33.6 Å². The average molecular weight is 228 g/mol. The fourth-order valence-corrected chi connectivity index (χ4v) is 2.29. The predicted molar refractivity (Wildman–Crippen MR) is 64.4 cm³/mol. The third kappa shape index (κ3) is 3.67. The zero-order chi connectivity index (χ0) is 12.1. The number of nitrogens with zero attached hydrogens (tertiary/aromatic N) is 1. The van der Waals surface area contributed by atoms with Crippen molar-refractivity contribution in [3.8, 4) is 0 Å². The van der Waals surface area contributed by atoms with E-state index in [1.807, 2.05) is 0 Å². The van der Waals surface area contributed by atoms with Crippen LogP contribution in [0.3, 0.4) is 0 Å². The molecule has 0 bridgehead atoms. The molecule has 0 spiro atoms. The molecular formula is C12H24N2O2. The van der Waals surface area contributed by atoms with Crippen molar-refractivity contribution in [3.05, 3.63) is 0 Å². The summed E-state index contributed by atoms with van der Waals surface area (Å²) in [5, 5.41) is 2.91. The summed E-state index contributed by atoms with van der Waals surface area (Å²) in [5.74, 6) is 0.679. The number of alkyl carbamates (subject to hydrolysis) is 1. The maximum absolute atomic E-state index is 11.2. The fourth-order valence-electron chi connectivity index (χ4n) is 2.29. The number of amides is 1. The molecule has 0 radical (unpaired) electrons. The van der Waals surface area contributed by atoms with Crippen molar-refractivity contribution in [1.29, 1.82) is 0 Å². The number of nitrogens with one attached hydrogen (secondary N) is 1. The minimum Gasteiger partial charge on any atom is -0.453 e. The molecule has 0 aromatic heterocycles. The van der Waals surface area contributed by atoms with E-state index < -0.39 is 0 Å². The molecule has 4 nitrogen and oxygen atoms in total. The molecule has 0 aromatic carbocycles. The molecule has 2 unspecified atom stereocenters. The number of hydrogen-bond donors (Lipinski definition) is 1. The number of piperidine rings is 1. The normalized spacial score (nSPS) is 26.8. The Bertz CT molecular complexity index is 231. The van der Waals surface area contributed by atoms with E-state index >= 15 is 0 Å². The van der Waals surface area contributed by atoms with Crippen LogP contribution in [0, 0.1) is 5.92 Å². The monoisotopic (exact) mass is 228 g/mol. The van der Waals surface area contributed by atoms with Gasteiger partial charge in [-0.1, -0.05) is 13.3 Å². The highest BCUT2D eigenvalue weighted by molar-refractivity contribution is 5.67. The Morgan fingerprint density at radius 1 is 1.50 bits per heavy atom. The Labute approximate surface area is 98.3 Å². The Kier molecular flexibility index (Phi) is 5.06. The first-order valence-corrected chi connectivity index (χ1v) is 6.15. The molecule has 1 fully saturated rings. The van der Waals surface area contributed by atoms with Crippen LogP contribution in [-0.2, 0) is 4.74 Å². The van der Waals surface area contributed by atoms with Crippen LogP contribution >= 0.6 is 0 Å². The largest absolute Gasteiger partial charge is 0.453 e. The number of methoxy groups -OCH3 is 1. The van der Waals surface area contributed by atoms with E-state index in [-0.39, 0.29) is 12.1 Å². The van der Waals surface area contributed by atoms with Gasteiger partial charge in [0.05, 0.1) is 7.11 Å². The van der Waals surface area contributed by atoms with Gasteiger partial charge in [0.25, 0.3) is 0 Å². The van der Waals surface area contributed by atoms with Crippen LogP contribution in [-0.4, -0.2) is 43.3 Å². The van der Waals surface area contributed by atoms with Gasteiger partial charge in [0.15, 0.2) is 0 Å². The summed E-state index contributed by atoms with van der Waals surface area (Å²) >= 11 is 0. The molecule has 1 N–H and O–H groups in total. The zero-order valence-electron chi connectivity index (χ0n) is 10.8. The average Bonchev–Trinajstić information content (AvgIpc) is 2.28. The molecule has 1 amide bonds. The Balaban J connectivity index is 2.53. The van der Waals surface area contributed by atoms with Crippen molar-refractivity contribution in [3.63, 3.8) is 0 Å². The number of hydrogen-bond acceptors (Lipinski definition) is 3. The molecule has 94 valence electrons. The fraction of sp³-hybridized carbons (Fsp3) is 0.917. The topological polar surface area (TPSA) is 41.6 Å². The summed E-state index contributed by atoms with van der Waals surface area (Å²) < 4.78 is 4.65. The van der Waals surface area contributed by atoms with Crippen molar-refractivity contribution in [1.82, 2.24) is 10.2 Å². The smallest absolute Gasteiger partial charge is 0.407 e. The molecule has 1 aliphatic heterocycles. The van der Waals surface area contributed by atoms with Gasteiger partial charge in [-0.15, -0.1) is 0 Å². The third-order valence-corrected chi connectivity index (χ3v) is 3.38. The second-order valence-electron chi connectivity index (χ2n) is 4.89. The predicted octanol–water partition coefficient (Wildman–Crippen LogP) is 1.85. The highest BCUT2D eigenvalue weighted by Gasteiger charge is 2.28. The van der Waals surface area contributed by atoms with Gasteiger partial charge in [0.2, 0.25) is 0 Å². The lowest BCUT2D eigenvalue weighted by Crippen LogP contribution is -2.52. The standard InChI is InChI=1S/C12H24N2O2/c1-5-10-6-11(13-12(15)16-4)8-14(7-10)9(2)3/h9-11H,5-8H2,1-4H3,(H,13,15). The van der Waals surface area contributed by atoms with Gasteiger partial charge in [-0.05, 0) is 26.2 Å². The van der Waals surface area contributed by atoms with Crippen LogP contribution in [0.2, 0.25) is 0 Å². The summed E-state index contributed by atoms with van der Waals surface area (Å²) in [6.45, 7) is 8.70. The van der Waals surface area contributed by atoms with Crippen LogP contribution in [0.25, 0.3) is 0 Å². The highest BCUT2D eigenvalue weighted by Crippen LogP contribution is 2.21. The number of rotatable bonds is 3. The Morgan fingerprint density at radius 2 is 2.19 bits per heavy atom. The maximum Gasteiger partial charge on any atom is 0.407 e. The number of carbonyl (C=O) groups is 1. The molecule has 1 aliphatic rings. The number of carbonyl (C=O) groups excluding carboxylic acids is 1. The molecule has 1 rings (SSSR count). The van der Waals surface area contributed by atoms with Crippen LogP contribution in [0.15, 0.2) is 0 Å². The SMILES string of the molecule is CCC1CC(NC(=O)OC)CN(C(C)C)C1. The molecular weight excluding hydrogens is 204 g/mol. The Morgan fingerprint density at radius 3 is 2.69 bits per heavy atom. The minimum absolute atomic E-state index is 0.230. The summed E-state index contributed by atoms with van der Waals surface area (Å²) in [4.78, 5) is 13.6. The van der Waals surface area contributed by atoms with E-state index in [1.165, 1.54) is 13.5 Å². The first-order chi connectivity index (χ1) is 7.56. The summed E-state index contributed by atoms with van der Waals surface area (Å²) in [7, 11) is 1.41. The molecule has 1 saturated heterocycles. The number of likely N-dealkylation sites (tertiary alicyclic amines) is 1. The van der Waals surface area contributed by atoms with E-state index in [9.17, 15) is 4.79 Å². The van der Waals surface area contributed by atoms with E-state index in [1.54, 1.807) is 0 Å². The quantitative estimate of drug-likeness (QED) is 0.801. The maximum atomic E-state index is 11.2. The van der Waals surface area contributed by atoms with Gasteiger partial charge < -0.3 is 10.1 Å². The van der Waals surface area contributed by atoms with Gasteiger partial charge >= 0.3 is 6.09 Å². The van der Waals surface area contributed by atoms with Crippen molar-refractivity contribution < 1.29 is 9.53 Å². The van der Waals surface area contributed by atoms with Crippen molar-refractivity contribution in [2.75, 3.05) is 20.2 Å². The van der Waals surface area contributed by atoms with Gasteiger partial charge in [-0.3, -0.25) is 4.90 Å². The summed E-state index contributed by atoms with van der Waals surface area (Å²) in [5.41, 5.74) is 0. The van der Waals surface area contributed by atoms with E-state index in [2.05, 4.69) is 35.7 Å². The molecule has 0 aromatic rings. The molecule has 0 saturated carbocycles. The lowest BCUT2D eigenvalue weighted by molar-refractivity contribution is 0.102. The highest BCUT2D eigenvalue weighted by atomic mass is 16.5. The van der Waals surface area contributed by atoms with Gasteiger partial charge in [-0.25, -0.2) is 4.79 Å². The first-order valence-electron chi connectivity index (χ1n) is 6.15. The zero-order valence-corrected chi connectivity index (χ0v) is 10.8. The molecule has 0 aliphatic carbocycles. The summed E-state index contributed by atoms with van der Waals surface area (Å²) in [6.07, 6.45) is 1.92. The first kappa shape index (κ1) is 13.3. The molecule has 1 heterocycles. The lowest BCUT2D eigenvalue weighted by Gasteiger charge is -2.39. The van der Waals surface area contributed by atoms with Crippen LogP contribution < -0.4 is 5.32 Å². The van der Waals surface area contributed by atoms with Crippen molar-refractivity contribution in [2.45, 2.75) is 45.7 Å². The van der Waals surface area contributed by atoms with Gasteiger partial charge in [-0.2, -0.15) is 0 Å². The van der Waals surface area contributed by atoms with Gasteiger partial charge in [0, 0.05) is 25.2 Å². The molecule has 4 heteroatoms. The van der Waals surface area contributed by atoms with Crippen LogP contribution in [0.5, 0.6) is 0 Å². The number of ether oxygens (including phenoxy) is 1. The van der Waals surface area contributed by atoms with E-state index in [4.69, 9.17) is 0 Å². The van der Waals surface area contributed by atoms with E-state index in [0.29, 0.717) is 12.0 Å². The van der Waals surface area contributed by atoms with Gasteiger partial charge in [0.1, 0.15) is 0 Å². The Hall–Kier alpha value is -0.770.